The number of benzene rings is 1. The van der Waals surface area contributed by atoms with Crippen LogP contribution < -0.4 is 11.5 Å². The van der Waals surface area contributed by atoms with Gasteiger partial charge in [0.25, 0.3) is 6.43 Å². The highest BCUT2D eigenvalue weighted by Gasteiger charge is 2.22. The van der Waals surface area contributed by atoms with Gasteiger partial charge in [0, 0.05) is 18.8 Å². The molecule has 0 spiro atoms. The maximum Gasteiger partial charge on any atom is 0.280 e. The number of nitrogens with zero attached hydrogens (tertiary/aromatic N) is 4. The molecule has 1 aliphatic rings. The lowest BCUT2D eigenvalue weighted by Gasteiger charge is -2.14. The fraction of sp³-hybridized carbons (Fsp3) is 0.211. The minimum Gasteiger partial charge on any atom is -0.383 e. The van der Waals surface area contributed by atoms with Gasteiger partial charge >= 0.3 is 0 Å². The summed E-state index contributed by atoms with van der Waals surface area (Å²) >= 11 is 0. The Bertz CT molecular complexity index is 1050. The second kappa shape index (κ2) is 6.88. The molecule has 0 bridgehead atoms. The van der Waals surface area contributed by atoms with E-state index < -0.39 is 6.43 Å². The highest BCUT2D eigenvalue weighted by molar-refractivity contribution is 6.22. The Morgan fingerprint density at radius 1 is 1.07 bits per heavy atom. The summed E-state index contributed by atoms with van der Waals surface area (Å²) in [5.74, 6) is 0.913. The van der Waals surface area contributed by atoms with Gasteiger partial charge in [-0.05, 0) is 36.2 Å². The highest BCUT2D eigenvalue weighted by atomic mass is 19.3. The van der Waals surface area contributed by atoms with Gasteiger partial charge in [0.1, 0.15) is 22.9 Å². The Labute approximate surface area is 154 Å². The number of hydrogen-bond donors (Lipinski definition) is 2. The first kappa shape index (κ1) is 17.3. The zero-order valence-electron chi connectivity index (χ0n) is 14.4. The number of hydrogen-bond acceptors (Lipinski definition) is 5. The third kappa shape index (κ3) is 3.08. The van der Waals surface area contributed by atoms with E-state index in [0.717, 1.165) is 17.7 Å². The molecule has 0 fully saturated rings. The van der Waals surface area contributed by atoms with Crippen LogP contribution >= 0.6 is 0 Å². The van der Waals surface area contributed by atoms with E-state index in [9.17, 15) is 8.78 Å². The molecule has 1 aromatic carbocycles. The van der Waals surface area contributed by atoms with Crippen LogP contribution in [0, 0.1) is 0 Å². The molecular formula is C19H18F2N6. The highest BCUT2D eigenvalue weighted by Crippen LogP contribution is 2.28. The first-order valence-corrected chi connectivity index (χ1v) is 8.56. The van der Waals surface area contributed by atoms with Gasteiger partial charge in [-0.3, -0.25) is 9.56 Å². The van der Waals surface area contributed by atoms with Crippen molar-refractivity contribution in [3.63, 3.8) is 0 Å². The maximum absolute atomic E-state index is 13.2. The molecule has 0 saturated heterocycles. The van der Waals surface area contributed by atoms with E-state index >= 15 is 0 Å². The van der Waals surface area contributed by atoms with Crippen molar-refractivity contribution in [1.82, 2.24) is 14.5 Å². The lowest BCUT2D eigenvalue weighted by atomic mass is 10.1. The minimum atomic E-state index is -2.67. The molecule has 4 N–H and O–H groups in total. The Hall–Kier alpha value is -3.13. The van der Waals surface area contributed by atoms with Crippen molar-refractivity contribution in [1.29, 1.82) is 0 Å². The van der Waals surface area contributed by atoms with Crippen molar-refractivity contribution in [2.75, 3.05) is 6.54 Å². The standard InChI is InChI=1S/C19H18F2N6/c20-16(21)14-7-8-15-19(25-14)27(12-5-3-11(10-22)4-6-12)18(26-15)13-2-1-9-24-17(13)23/h2-8,16H,1,9-10,22H2,(H2,23,24). The Morgan fingerprint density at radius 2 is 1.85 bits per heavy atom. The lowest BCUT2D eigenvalue weighted by Crippen LogP contribution is -2.20. The van der Waals surface area contributed by atoms with Crippen LogP contribution in [0.2, 0.25) is 0 Å². The van der Waals surface area contributed by atoms with Crippen LogP contribution in [0.25, 0.3) is 22.4 Å². The van der Waals surface area contributed by atoms with Gasteiger partial charge in [-0.1, -0.05) is 18.2 Å². The molecule has 3 aromatic rings. The molecule has 4 rings (SSSR count). The molecule has 0 aliphatic carbocycles. The van der Waals surface area contributed by atoms with E-state index in [1.165, 1.54) is 6.07 Å². The molecule has 0 amide bonds. The van der Waals surface area contributed by atoms with Crippen LogP contribution in [-0.2, 0) is 6.54 Å². The number of imidazole rings is 1. The molecule has 1 aliphatic heterocycles. The average molecular weight is 368 g/mol. The molecule has 6 nitrogen and oxygen atoms in total. The number of amidine groups is 1. The molecule has 0 atom stereocenters. The molecule has 0 radical (unpaired) electrons. The lowest BCUT2D eigenvalue weighted by molar-refractivity contribution is 0.146. The number of alkyl halides is 2. The van der Waals surface area contributed by atoms with E-state index in [0.29, 0.717) is 41.5 Å². The fourth-order valence-corrected chi connectivity index (χ4v) is 3.09. The summed E-state index contributed by atoms with van der Waals surface area (Å²) in [7, 11) is 0. The number of nitrogens with two attached hydrogens (primary N) is 2. The van der Waals surface area contributed by atoms with Gasteiger partial charge in [0.2, 0.25) is 0 Å². The number of dihydropyridines is 1. The van der Waals surface area contributed by atoms with Crippen molar-refractivity contribution in [2.24, 2.45) is 16.5 Å². The SMILES string of the molecule is NCc1ccc(-n2c(C3=CCCN=C3N)nc3ccc(C(F)F)nc32)cc1. The van der Waals surface area contributed by atoms with Crippen molar-refractivity contribution in [3.8, 4) is 5.69 Å². The second-order valence-electron chi connectivity index (χ2n) is 6.19. The van der Waals surface area contributed by atoms with Gasteiger partial charge in [0.05, 0.1) is 5.57 Å². The monoisotopic (exact) mass is 368 g/mol. The van der Waals surface area contributed by atoms with Crippen LogP contribution in [0.5, 0.6) is 0 Å². The molecule has 138 valence electrons. The van der Waals surface area contributed by atoms with Crippen LogP contribution in [0.3, 0.4) is 0 Å². The fourth-order valence-electron chi connectivity index (χ4n) is 3.09. The Balaban J connectivity index is 1.98. The molecule has 2 aromatic heterocycles. The summed E-state index contributed by atoms with van der Waals surface area (Å²) in [6.07, 6.45) is 0.0324. The van der Waals surface area contributed by atoms with Crippen LogP contribution in [0.15, 0.2) is 47.5 Å². The van der Waals surface area contributed by atoms with Crippen LogP contribution in [0.4, 0.5) is 8.78 Å². The predicted molar refractivity (Wildman–Crippen MR) is 101 cm³/mol. The van der Waals surface area contributed by atoms with E-state index in [-0.39, 0.29) is 5.69 Å². The largest absolute Gasteiger partial charge is 0.383 e. The molecule has 0 saturated carbocycles. The minimum absolute atomic E-state index is 0.298. The Kier molecular flexibility index (Phi) is 4.41. The summed E-state index contributed by atoms with van der Waals surface area (Å²) in [5.41, 5.74) is 14.7. The van der Waals surface area contributed by atoms with Crippen molar-refractivity contribution >= 4 is 22.6 Å². The molecule has 3 heterocycles. The maximum atomic E-state index is 13.2. The number of halogens is 2. The van der Waals surface area contributed by atoms with E-state index in [2.05, 4.69) is 15.0 Å². The Morgan fingerprint density at radius 3 is 2.52 bits per heavy atom. The first-order chi connectivity index (χ1) is 13.1. The van der Waals surface area contributed by atoms with E-state index in [1.807, 2.05) is 30.3 Å². The molecule has 0 unspecified atom stereocenters. The second-order valence-corrected chi connectivity index (χ2v) is 6.19. The smallest absolute Gasteiger partial charge is 0.280 e. The summed E-state index contributed by atoms with van der Waals surface area (Å²) in [6.45, 7) is 1.03. The van der Waals surface area contributed by atoms with Gasteiger partial charge in [-0.25, -0.2) is 18.7 Å². The number of pyridine rings is 1. The van der Waals surface area contributed by atoms with E-state index in [4.69, 9.17) is 11.5 Å². The summed E-state index contributed by atoms with van der Waals surface area (Å²) in [6, 6.07) is 10.3. The van der Waals surface area contributed by atoms with Gasteiger partial charge in [-0.2, -0.15) is 0 Å². The summed E-state index contributed by atoms with van der Waals surface area (Å²) in [4.78, 5) is 13.0. The average Bonchev–Trinajstić information content (AvgIpc) is 3.06. The number of fused-ring (bicyclic) bond motifs is 1. The van der Waals surface area contributed by atoms with Crippen molar-refractivity contribution < 1.29 is 8.78 Å². The van der Waals surface area contributed by atoms with Crippen molar-refractivity contribution in [3.05, 3.63) is 59.6 Å². The number of rotatable bonds is 4. The van der Waals surface area contributed by atoms with Gasteiger partial charge in [0.15, 0.2) is 5.65 Å². The van der Waals surface area contributed by atoms with Crippen LogP contribution in [0.1, 0.15) is 29.9 Å². The zero-order chi connectivity index (χ0) is 19.0. The summed E-state index contributed by atoms with van der Waals surface area (Å²) < 4.78 is 28.1. The topological polar surface area (TPSA) is 95.1 Å². The molecule has 8 heteroatoms. The number of aromatic nitrogens is 3. The van der Waals surface area contributed by atoms with Gasteiger partial charge in [-0.15, -0.1) is 0 Å². The quantitative estimate of drug-likeness (QED) is 0.740. The van der Waals surface area contributed by atoms with Crippen LogP contribution in [-0.4, -0.2) is 26.9 Å². The number of aliphatic imine (C=N–C) groups is 1. The summed E-state index contributed by atoms with van der Waals surface area (Å²) in [5, 5.41) is 0. The molecular weight excluding hydrogens is 350 g/mol. The first-order valence-electron chi connectivity index (χ1n) is 8.56. The van der Waals surface area contributed by atoms with E-state index in [1.54, 1.807) is 10.6 Å². The van der Waals surface area contributed by atoms with Crippen molar-refractivity contribution in [2.45, 2.75) is 19.4 Å². The third-order valence-electron chi connectivity index (χ3n) is 4.46. The zero-order valence-corrected chi connectivity index (χ0v) is 14.4. The third-order valence-corrected chi connectivity index (χ3v) is 4.46. The predicted octanol–water partition coefficient (Wildman–Crippen LogP) is 2.96. The molecule has 27 heavy (non-hydrogen) atoms. The van der Waals surface area contributed by atoms with Gasteiger partial charge < -0.3 is 11.5 Å². The normalized spacial score (nSPS) is 14.5.